The zero-order valence-electron chi connectivity index (χ0n) is 13.1. The van der Waals surface area contributed by atoms with Crippen molar-refractivity contribution in [2.45, 2.75) is 31.8 Å². The van der Waals surface area contributed by atoms with Gasteiger partial charge >= 0.3 is 0 Å². The first-order valence-corrected chi connectivity index (χ1v) is 8.06. The molecule has 2 aromatic heterocycles. The number of nitrogens with one attached hydrogen (secondary N) is 2. The smallest absolute Gasteiger partial charge is 0.273 e. The van der Waals surface area contributed by atoms with Crippen molar-refractivity contribution >= 4 is 5.91 Å². The third-order valence-corrected chi connectivity index (χ3v) is 4.39. The van der Waals surface area contributed by atoms with Crippen LogP contribution in [-0.2, 0) is 13.0 Å². The summed E-state index contributed by atoms with van der Waals surface area (Å²) in [4.78, 5) is 12.2. The second-order valence-electron chi connectivity index (χ2n) is 5.96. The molecule has 7 heteroatoms. The summed E-state index contributed by atoms with van der Waals surface area (Å²) < 4.78 is 2.04. The molecule has 1 amide bonds. The van der Waals surface area contributed by atoms with Crippen molar-refractivity contribution in [1.82, 2.24) is 30.5 Å². The molecule has 0 saturated carbocycles. The molecule has 0 unspecified atom stereocenters. The standard InChI is InChI=1S/C17H18N6O/c24-17(15-10-18-22-21-15)20-14-7-4-8-16-13(14)9-19-23(16)11-12-5-2-1-3-6-12/h1-3,5-6,9-10,14H,4,7-8,11H2,(H,20,24)(H,18,21,22)/t14-/m1/s1. The van der Waals surface area contributed by atoms with E-state index in [1.54, 1.807) is 0 Å². The highest BCUT2D eigenvalue weighted by Gasteiger charge is 2.26. The van der Waals surface area contributed by atoms with Gasteiger partial charge in [0.05, 0.1) is 25.0 Å². The lowest BCUT2D eigenvalue weighted by atomic mass is 9.93. The van der Waals surface area contributed by atoms with Gasteiger partial charge in [0, 0.05) is 11.3 Å². The van der Waals surface area contributed by atoms with Crippen LogP contribution in [0.4, 0.5) is 0 Å². The fraction of sp³-hybridized carbons (Fsp3) is 0.294. The predicted octanol–water partition coefficient (Wildman–Crippen LogP) is 1.86. The van der Waals surface area contributed by atoms with E-state index in [0.29, 0.717) is 5.69 Å². The van der Waals surface area contributed by atoms with Crippen LogP contribution >= 0.6 is 0 Å². The van der Waals surface area contributed by atoms with E-state index in [2.05, 4.69) is 38.0 Å². The van der Waals surface area contributed by atoms with Gasteiger partial charge in [-0.05, 0) is 24.8 Å². The summed E-state index contributed by atoms with van der Waals surface area (Å²) >= 11 is 0. The van der Waals surface area contributed by atoms with Gasteiger partial charge in [-0.25, -0.2) is 0 Å². The molecule has 1 atom stereocenters. The van der Waals surface area contributed by atoms with E-state index in [0.717, 1.165) is 31.4 Å². The summed E-state index contributed by atoms with van der Waals surface area (Å²) in [5.41, 5.74) is 3.83. The van der Waals surface area contributed by atoms with Crippen molar-refractivity contribution in [1.29, 1.82) is 0 Å². The van der Waals surface area contributed by atoms with E-state index in [1.807, 2.05) is 29.1 Å². The minimum absolute atomic E-state index is 0.0255. The Morgan fingerprint density at radius 3 is 2.96 bits per heavy atom. The Morgan fingerprint density at radius 2 is 2.17 bits per heavy atom. The molecule has 24 heavy (non-hydrogen) atoms. The molecule has 2 heterocycles. The third-order valence-electron chi connectivity index (χ3n) is 4.39. The molecule has 122 valence electrons. The summed E-state index contributed by atoms with van der Waals surface area (Å²) in [6.45, 7) is 0.750. The minimum Gasteiger partial charge on any atom is -0.344 e. The highest BCUT2D eigenvalue weighted by molar-refractivity contribution is 5.92. The van der Waals surface area contributed by atoms with E-state index in [-0.39, 0.29) is 11.9 Å². The van der Waals surface area contributed by atoms with Gasteiger partial charge in [-0.3, -0.25) is 9.48 Å². The van der Waals surface area contributed by atoms with Crippen LogP contribution in [0.2, 0.25) is 0 Å². The van der Waals surface area contributed by atoms with Crippen molar-refractivity contribution in [2.24, 2.45) is 0 Å². The topological polar surface area (TPSA) is 88.5 Å². The van der Waals surface area contributed by atoms with Crippen LogP contribution in [-0.4, -0.2) is 31.1 Å². The molecule has 2 N–H and O–H groups in total. The Balaban J connectivity index is 1.54. The average molecular weight is 322 g/mol. The number of aromatic amines is 1. The first-order valence-electron chi connectivity index (χ1n) is 8.06. The van der Waals surface area contributed by atoms with Gasteiger partial charge in [0.15, 0.2) is 5.69 Å². The second kappa shape index (κ2) is 6.27. The number of fused-ring (bicyclic) bond motifs is 1. The lowest BCUT2D eigenvalue weighted by molar-refractivity contribution is 0.0927. The van der Waals surface area contributed by atoms with Crippen molar-refractivity contribution < 1.29 is 4.79 Å². The lowest BCUT2D eigenvalue weighted by Crippen LogP contribution is -2.31. The van der Waals surface area contributed by atoms with Crippen molar-refractivity contribution in [2.75, 3.05) is 0 Å². The maximum atomic E-state index is 12.2. The summed E-state index contributed by atoms with van der Waals surface area (Å²) in [5, 5.41) is 17.6. The molecule has 0 aliphatic heterocycles. The van der Waals surface area contributed by atoms with E-state index >= 15 is 0 Å². The van der Waals surface area contributed by atoms with E-state index < -0.39 is 0 Å². The molecular formula is C17H18N6O. The van der Waals surface area contributed by atoms with Crippen LogP contribution in [0.1, 0.15) is 46.2 Å². The van der Waals surface area contributed by atoms with Crippen molar-refractivity contribution in [3.63, 3.8) is 0 Å². The number of hydrogen-bond donors (Lipinski definition) is 2. The number of benzene rings is 1. The molecule has 0 radical (unpaired) electrons. The molecule has 1 aromatic carbocycles. The summed E-state index contributed by atoms with van der Waals surface area (Å²) in [5.74, 6) is -0.211. The number of carbonyl (C=O) groups excluding carboxylic acids is 1. The molecule has 0 fully saturated rings. The van der Waals surface area contributed by atoms with Crippen LogP contribution in [0.25, 0.3) is 0 Å². The summed E-state index contributed by atoms with van der Waals surface area (Å²) in [6.07, 6.45) is 6.23. The predicted molar refractivity (Wildman–Crippen MR) is 87.3 cm³/mol. The number of rotatable bonds is 4. The van der Waals surface area contributed by atoms with Gasteiger partial charge in [0.25, 0.3) is 5.91 Å². The molecule has 3 aromatic rings. The van der Waals surface area contributed by atoms with E-state index in [4.69, 9.17) is 0 Å². The SMILES string of the molecule is O=C(N[C@@H]1CCCc2c1cnn2Cc1ccccc1)c1cn[nH]n1. The molecule has 7 nitrogen and oxygen atoms in total. The number of carbonyl (C=O) groups is 1. The molecule has 0 saturated heterocycles. The van der Waals surface area contributed by atoms with Crippen LogP contribution in [0.15, 0.2) is 42.7 Å². The van der Waals surface area contributed by atoms with Crippen LogP contribution < -0.4 is 5.32 Å². The highest BCUT2D eigenvalue weighted by Crippen LogP contribution is 2.30. The highest BCUT2D eigenvalue weighted by atomic mass is 16.2. The van der Waals surface area contributed by atoms with Gasteiger partial charge in [0.1, 0.15) is 0 Å². The lowest BCUT2D eigenvalue weighted by Gasteiger charge is -2.24. The number of H-pyrrole nitrogens is 1. The monoisotopic (exact) mass is 322 g/mol. The van der Waals surface area contributed by atoms with Gasteiger partial charge in [-0.2, -0.15) is 20.5 Å². The Kier molecular flexibility index (Phi) is 3.82. The molecule has 0 bridgehead atoms. The zero-order valence-corrected chi connectivity index (χ0v) is 13.1. The fourth-order valence-electron chi connectivity index (χ4n) is 3.20. The maximum absolute atomic E-state index is 12.2. The Hall–Kier alpha value is -2.96. The van der Waals surface area contributed by atoms with Crippen molar-refractivity contribution in [3.05, 3.63) is 65.2 Å². The number of amides is 1. The van der Waals surface area contributed by atoms with Crippen LogP contribution in [0.3, 0.4) is 0 Å². The minimum atomic E-state index is -0.211. The van der Waals surface area contributed by atoms with Gasteiger partial charge < -0.3 is 5.32 Å². The number of nitrogens with zero attached hydrogens (tertiary/aromatic N) is 4. The number of aromatic nitrogens is 5. The quantitative estimate of drug-likeness (QED) is 0.767. The average Bonchev–Trinajstić information content (AvgIpc) is 3.27. The largest absolute Gasteiger partial charge is 0.344 e. The Morgan fingerprint density at radius 1 is 1.29 bits per heavy atom. The molecular weight excluding hydrogens is 304 g/mol. The first-order chi connectivity index (χ1) is 11.8. The van der Waals surface area contributed by atoms with Crippen molar-refractivity contribution in [3.8, 4) is 0 Å². The van der Waals surface area contributed by atoms with Gasteiger partial charge in [-0.15, -0.1) is 0 Å². The normalized spacial score (nSPS) is 16.6. The number of hydrogen-bond acceptors (Lipinski definition) is 4. The van der Waals surface area contributed by atoms with E-state index in [1.165, 1.54) is 17.5 Å². The molecule has 1 aliphatic rings. The zero-order chi connectivity index (χ0) is 16.4. The van der Waals surface area contributed by atoms with Crippen LogP contribution in [0.5, 0.6) is 0 Å². The second-order valence-corrected chi connectivity index (χ2v) is 5.96. The van der Waals surface area contributed by atoms with Gasteiger partial charge in [0.2, 0.25) is 0 Å². The fourth-order valence-corrected chi connectivity index (χ4v) is 3.20. The molecule has 0 spiro atoms. The Bertz CT molecular complexity index is 824. The maximum Gasteiger partial charge on any atom is 0.273 e. The third kappa shape index (κ3) is 2.80. The molecule has 1 aliphatic carbocycles. The van der Waals surface area contributed by atoms with E-state index in [9.17, 15) is 4.79 Å². The Labute approximate surface area is 139 Å². The first kappa shape index (κ1) is 14.6. The molecule has 4 rings (SSSR count). The van der Waals surface area contributed by atoms with Crippen LogP contribution in [0, 0.1) is 0 Å². The van der Waals surface area contributed by atoms with Gasteiger partial charge in [-0.1, -0.05) is 30.3 Å². The summed E-state index contributed by atoms with van der Waals surface area (Å²) in [7, 11) is 0. The summed E-state index contributed by atoms with van der Waals surface area (Å²) in [6, 6.07) is 10.2.